The summed E-state index contributed by atoms with van der Waals surface area (Å²) >= 11 is 0. The van der Waals surface area contributed by atoms with Crippen LogP contribution < -0.4 is 10.6 Å². The first kappa shape index (κ1) is 13.8. The van der Waals surface area contributed by atoms with Crippen molar-refractivity contribution in [3.8, 4) is 6.07 Å². The highest BCUT2D eigenvalue weighted by Crippen LogP contribution is 2.12. The number of anilines is 1. The molecule has 0 aliphatic heterocycles. The van der Waals surface area contributed by atoms with Crippen LogP contribution in [0, 0.1) is 11.3 Å². The van der Waals surface area contributed by atoms with Crippen LogP contribution in [0.1, 0.15) is 24.3 Å². The maximum atomic E-state index is 11.8. The van der Waals surface area contributed by atoms with Gasteiger partial charge in [0.2, 0.25) is 5.91 Å². The fourth-order valence-corrected chi connectivity index (χ4v) is 1.76. The highest BCUT2D eigenvalue weighted by molar-refractivity contribution is 5.92. The SMILES string of the molecule is C[C@H](NCC(=O)Nc1cccc(C#N)c1)c1ccco1. The minimum atomic E-state index is -0.168. The molecule has 0 aliphatic carbocycles. The Morgan fingerprint density at radius 1 is 1.40 bits per heavy atom. The van der Waals surface area contributed by atoms with Gasteiger partial charge >= 0.3 is 0 Å². The number of hydrogen-bond donors (Lipinski definition) is 2. The first-order valence-corrected chi connectivity index (χ1v) is 6.26. The third-order valence-corrected chi connectivity index (χ3v) is 2.81. The average molecular weight is 269 g/mol. The van der Waals surface area contributed by atoms with Gasteiger partial charge in [-0.3, -0.25) is 10.1 Å². The Morgan fingerprint density at radius 3 is 2.95 bits per heavy atom. The van der Waals surface area contributed by atoms with Crippen LogP contribution in [0.3, 0.4) is 0 Å². The molecule has 0 spiro atoms. The zero-order valence-corrected chi connectivity index (χ0v) is 11.1. The van der Waals surface area contributed by atoms with Crippen molar-refractivity contribution in [3.05, 3.63) is 54.0 Å². The van der Waals surface area contributed by atoms with Crippen LogP contribution in [-0.4, -0.2) is 12.5 Å². The number of benzene rings is 1. The molecule has 0 fully saturated rings. The Morgan fingerprint density at radius 2 is 2.25 bits per heavy atom. The molecule has 2 N–H and O–H groups in total. The van der Waals surface area contributed by atoms with E-state index in [0.717, 1.165) is 5.76 Å². The van der Waals surface area contributed by atoms with Crippen molar-refractivity contribution < 1.29 is 9.21 Å². The van der Waals surface area contributed by atoms with E-state index in [1.54, 1.807) is 36.6 Å². The zero-order valence-electron chi connectivity index (χ0n) is 11.1. The molecule has 102 valence electrons. The van der Waals surface area contributed by atoms with Crippen molar-refractivity contribution in [3.63, 3.8) is 0 Å². The summed E-state index contributed by atoms with van der Waals surface area (Å²) in [6.07, 6.45) is 1.60. The molecule has 1 aromatic heterocycles. The number of furan rings is 1. The van der Waals surface area contributed by atoms with Gasteiger partial charge in [-0.1, -0.05) is 6.07 Å². The minimum absolute atomic E-state index is 0.0406. The summed E-state index contributed by atoms with van der Waals surface area (Å²) in [4.78, 5) is 11.8. The van der Waals surface area contributed by atoms with E-state index in [-0.39, 0.29) is 18.5 Å². The Labute approximate surface area is 117 Å². The molecule has 20 heavy (non-hydrogen) atoms. The van der Waals surface area contributed by atoms with E-state index < -0.39 is 0 Å². The van der Waals surface area contributed by atoms with Crippen molar-refractivity contribution >= 4 is 11.6 Å². The minimum Gasteiger partial charge on any atom is -0.468 e. The monoisotopic (exact) mass is 269 g/mol. The van der Waals surface area contributed by atoms with Crippen LogP contribution >= 0.6 is 0 Å². The smallest absolute Gasteiger partial charge is 0.238 e. The third kappa shape index (κ3) is 3.70. The highest BCUT2D eigenvalue weighted by atomic mass is 16.3. The van der Waals surface area contributed by atoms with Gasteiger partial charge in [-0.25, -0.2) is 0 Å². The van der Waals surface area contributed by atoms with Gasteiger partial charge in [-0.2, -0.15) is 5.26 Å². The first-order valence-electron chi connectivity index (χ1n) is 6.26. The third-order valence-electron chi connectivity index (χ3n) is 2.81. The number of rotatable bonds is 5. The molecule has 5 heteroatoms. The number of carbonyl (C=O) groups excluding carboxylic acids is 1. The van der Waals surface area contributed by atoms with E-state index in [4.69, 9.17) is 9.68 Å². The molecule has 1 amide bonds. The lowest BCUT2D eigenvalue weighted by Gasteiger charge is -2.11. The molecular formula is C15H15N3O2. The molecule has 0 saturated heterocycles. The summed E-state index contributed by atoms with van der Waals surface area (Å²) in [7, 11) is 0. The van der Waals surface area contributed by atoms with Crippen LogP contribution in [0.4, 0.5) is 5.69 Å². The van der Waals surface area contributed by atoms with Gasteiger partial charge in [0.1, 0.15) is 5.76 Å². The van der Waals surface area contributed by atoms with Gasteiger partial charge in [0, 0.05) is 5.69 Å². The number of hydrogen-bond acceptors (Lipinski definition) is 4. The predicted molar refractivity (Wildman–Crippen MR) is 74.9 cm³/mol. The van der Waals surface area contributed by atoms with Crippen molar-refractivity contribution in [2.45, 2.75) is 13.0 Å². The van der Waals surface area contributed by atoms with E-state index in [1.165, 1.54) is 0 Å². The molecule has 2 aromatic rings. The van der Waals surface area contributed by atoms with E-state index in [9.17, 15) is 4.79 Å². The van der Waals surface area contributed by atoms with E-state index >= 15 is 0 Å². The molecule has 1 atom stereocenters. The van der Waals surface area contributed by atoms with Crippen molar-refractivity contribution in [1.29, 1.82) is 5.26 Å². The Bertz CT molecular complexity index is 614. The standard InChI is InChI=1S/C15H15N3O2/c1-11(14-6-3-7-20-14)17-10-15(19)18-13-5-2-4-12(8-13)9-16/h2-8,11,17H,10H2,1H3,(H,18,19)/t11-/m0/s1. The summed E-state index contributed by atoms with van der Waals surface area (Å²) in [6.45, 7) is 2.08. The molecule has 1 heterocycles. The van der Waals surface area contributed by atoms with Crippen LogP contribution in [0.5, 0.6) is 0 Å². The normalized spacial score (nSPS) is 11.6. The first-order chi connectivity index (χ1) is 9.69. The number of amides is 1. The Balaban J connectivity index is 1.85. The number of nitriles is 1. The number of nitrogens with one attached hydrogen (secondary N) is 2. The molecule has 0 saturated carbocycles. The van der Waals surface area contributed by atoms with Crippen LogP contribution in [0.25, 0.3) is 0 Å². The lowest BCUT2D eigenvalue weighted by molar-refractivity contribution is -0.115. The fourth-order valence-electron chi connectivity index (χ4n) is 1.76. The molecule has 1 aromatic carbocycles. The topological polar surface area (TPSA) is 78.1 Å². The Hall–Kier alpha value is -2.58. The second-order valence-corrected chi connectivity index (χ2v) is 4.36. The summed E-state index contributed by atoms with van der Waals surface area (Å²) in [5, 5.41) is 14.6. The second-order valence-electron chi connectivity index (χ2n) is 4.36. The number of nitrogens with zero attached hydrogens (tertiary/aromatic N) is 1. The number of carbonyl (C=O) groups is 1. The van der Waals surface area contributed by atoms with Crippen molar-refractivity contribution in [2.75, 3.05) is 11.9 Å². The van der Waals surface area contributed by atoms with Crippen LogP contribution in [0.15, 0.2) is 47.1 Å². The summed E-state index contributed by atoms with van der Waals surface area (Å²) in [6, 6.07) is 12.4. The molecular weight excluding hydrogens is 254 g/mol. The Kier molecular flexibility index (Phi) is 4.53. The van der Waals surface area contributed by atoms with Crippen LogP contribution in [0.2, 0.25) is 0 Å². The van der Waals surface area contributed by atoms with Gasteiger partial charge in [-0.05, 0) is 37.3 Å². The van der Waals surface area contributed by atoms with Gasteiger partial charge in [-0.15, -0.1) is 0 Å². The maximum absolute atomic E-state index is 11.8. The van der Waals surface area contributed by atoms with Gasteiger partial charge in [0.05, 0.1) is 30.5 Å². The largest absolute Gasteiger partial charge is 0.468 e. The second kappa shape index (κ2) is 6.55. The van der Waals surface area contributed by atoms with E-state index in [0.29, 0.717) is 11.3 Å². The van der Waals surface area contributed by atoms with Crippen molar-refractivity contribution in [1.82, 2.24) is 5.32 Å². The van der Waals surface area contributed by atoms with E-state index in [1.807, 2.05) is 19.1 Å². The quantitative estimate of drug-likeness (QED) is 0.873. The van der Waals surface area contributed by atoms with Gasteiger partial charge in [0.15, 0.2) is 0 Å². The molecule has 0 aliphatic rings. The zero-order chi connectivity index (χ0) is 14.4. The summed E-state index contributed by atoms with van der Waals surface area (Å²) in [5.41, 5.74) is 1.13. The molecule has 0 bridgehead atoms. The summed E-state index contributed by atoms with van der Waals surface area (Å²) < 4.78 is 5.25. The fraction of sp³-hybridized carbons (Fsp3) is 0.200. The van der Waals surface area contributed by atoms with Gasteiger partial charge in [0.25, 0.3) is 0 Å². The molecule has 2 rings (SSSR count). The molecule has 5 nitrogen and oxygen atoms in total. The molecule has 0 radical (unpaired) electrons. The molecule has 0 unspecified atom stereocenters. The van der Waals surface area contributed by atoms with Crippen LogP contribution in [-0.2, 0) is 4.79 Å². The highest BCUT2D eigenvalue weighted by Gasteiger charge is 2.10. The average Bonchev–Trinajstić information content (AvgIpc) is 2.99. The maximum Gasteiger partial charge on any atom is 0.238 e. The van der Waals surface area contributed by atoms with E-state index in [2.05, 4.69) is 10.6 Å². The lowest BCUT2D eigenvalue weighted by atomic mass is 10.2. The van der Waals surface area contributed by atoms with Crippen molar-refractivity contribution in [2.24, 2.45) is 0 Å². The van der Waals surface area contributed by atoms with Gasteiger partial charge < -0.3 is 9.73 Å². The predicted octanol–water partition coefficient (Wildman–Crippen LogP) is 2.44. The summed E-state index contributed by atoms with van der Waals surface area (Å²) in [5.74, 6) is 0.614. The lowest BCUT2D eigenvalue weighted by Crippen LogP contribution is -2.29.